The van der Waals surface area contributed by atoms with Gasteiger partial charge in [-0.25, -0.2) is 24.3 Å². The number of pyridine rings is 2. The van der Waals surface area contributed by atoms with Gasteiger partial charge in [-0.1, -0.05) is 27.7 Å². The lowest BCUT2D eigenvalue weighted by Crippen LogP contribution is -2.53. The Morgan fingerprint density at radius 2 is 1.72 bits per heavy atom. The number of aromatic hydroxyl groups is 3. The average Bonchev–Trinajstić information content (AvgIpc) is 3.79. The molecule has 0 aliphatic carbocycles. The van der Waals surface area contributed by atoms with E-state index in [4.69, 9.17) is 25.6 Å². The predicted octanol–water partition coefficient (Wildman–Crippen LogP) is 6.25. The summed E-state index contributed by atoms with van der Waals surface area (Å²) in [7, 11) is 1.93. The van der Waals surface area contributed by atoms with Crippen LogP contribution in [0.4, 0.5) is 15.3 Å². The number of primary amides is 1. The molecule has 6 N–H and O–H groups in total. The number of fused-ring (bicyclic) bond motifs is 6. The highest BCUT2D eigenvalue weighted by molar-refractivity contribution is 6.22. The summed E-state index contributed by atoms with van der Waals surface area (Å²) in [6, 6.07) is 15.7. The zero-order chi connectivity index (χ0) is 46.2. The molecular formula is C48H50N8O9. The van der Waals surface area contributed by atoms with Crippen LogP contribution in [0, 0.1) is 5.41 Å². The maximum absolute atomic E-state index is 14.2. The minimum atomic E-state index is -1.86. The number of phenols is 3. The summed E-state index contributed by atoms with van der Waals surface area (Å²) >= 11 is 0. The third-order valence-corrected chi connectivity index (χ3v) is 13.2. The van der Waals surface area contributed by atoms with Gasteiger partial charge in [-0.15, -0.1) is 0 Å². The zero-order valence-corrected chi connectivity index (χ0v) is 36.8. The number of phenolic OH excluding ortho intramolecular Hbond substituents is 3. The number of carbonyl (C=O) groups excluding carboxylic acids is 3. The number of amidine groups is 1. The Kier molecular flexibility index (Phi) is 10.5. The number of hydrogen-bond acceptors (Lipinski definition) is 12. The van der Waals surface area contributed by atoms with Crippen molar-refractivity contribution in [3.05, 3.63) is 110 Å². The second-order valence-electron chi connectivity index (χ2n) is 17.2. The number of amides is 3. The van der Waals surface area contributed by atoms with Gasteiger partial charge in [-0.2, -0.15) is 0 Å². The van der Waals surface area contributed by atoms with Gasteiger partial charge in [0.05, 0.1) is 40.3 Å². The lowest BCUT2D eigenvalue weighted by atomic mass is 9.85. The summed E-state index contributed by atoms with van der Waals surface area (Å²) in [5.41, 5.74) is 10.5. The van der Waals surface area contributed by atoms with Crippen LogP contribution in [0.25, 0.3) is 33.2 Å². The van der Waals surface area contributed by atoms with Crippen LogP contribution in [0.2, 0.25) is 0 Å². The number of anilines is 1. The maximum Gasteiger partial charge on any atom is 0.411 e. The number of carbonyl (C=O) groups is 3. The van der Waals surface area contributed by atoms with Crippen molar-refractivity contribution >= 4 is 51.4 Å². The smallest absolute Gasteiger partial charge is 0.411 e. The summed E-state index contributed by atoms with van der Waals surface area (Å²) < 4.78 is 15.4. The Balaban J connectivity index is 0.922. The van der Waals surface area contributed by atoms with Gasteiger partial charge in [0.25, 0.3) is 5.56 Å². The second-order valence-corrected chi connectivity index (χ2v) is 17.2. The molecule has 1 unspecified atom stereocenters. The number of aromatic nitrogens is 3. The van der Waals surface area contributed by atoms with E-state index in [2.05, 4.69) is 4.90 Å². The van der Waals surface area contributed by atoms with E-state index in [1.807, 2.05) is 44.5 Å². The molecule has 336 valence electrons. The number of benzene rings is 3. The molecule has 1 saturated heterocycles. The molecule has 0 bridgehead atoms. The molecule has 3 aliphatic rings. The molecule has 17 heteroatoms. The van der Waals surface area contributed by atoms with E-state index in [9.17, 15) is 34.5 Å². The molecule has 0 spiro atoms. The van der Waals surface area contributed by atoms with E-state index in [1.165, 1.54) is 6.07 Å². The molecule has 0 saturated carbocycles. The van der Waals surface area contributed by atoms with Gasteiger partial charge < -0.3 is 44.6 Å². The summed E-state index contributed by atoms with van der Waals surface area (Å²) in [6.07, 6.45) is -0.0238. The Morgan fingerprint density at radius 3 is 2.42 bits per heavy atom. The number of hydrogen-bond donors (Lipinski definition) is 5. The monoisotopic (exact) mass is 882 g/mol. The van der Waals surface area contributed by atoms with Gasteiger partial charge >= 0.3 is 18.1 Å². The number of rotatable bonds is 8. The fraction of sp³-hybridized carbons (Fsp3) is 0.333. The van der Waals surface area contributed by atoms with Crippen molar-refractivity contribution in [1.29, 1.82) is 5.41 Å². The molecule has 65 heavy (non-hydrogen) atoms. The lowest BCUT2D eigenvalue weighted by molar-refractivity contribution is -0.173. The number of piperazine rings is 1. The number of aryl methyl sites for hydroxylation is 2. The highest BCUT2D eigenvalue weighted by Crippen LogP contribution is 2.43. The van der Waals surface area contributed by atoms with Gasteiger partial charge in [0.1, 0.15) is 29.7 Å². The van der Waals surface area contributed by atoms with E-state index in [1.54, 1.807) is 52.8 Å². The molecule has 0 radical (unpaired) electrons. The fourth-order valence-corrected chi connectivity index (χ4v) is 9.66. The van der Waals surface area contributed by atoms with E-state index in [0.29, 0.717) is 72.9 Å². The zero-order valence-electron chi connectivity index (χ0n) is 36.8. The number of ether oxygens (including phenoxy) is 2. The number of urea groups is 1. The largest absolute Gasteiger partial charge is 0.508 e. The first kappa shape index (κ1) is 42.9. The number of nitrogens with two attached hydrogens (primary N) is 1. The van der Waals surface area contributed by atoms with Crippen molar-refractivity contribution in [2.75, 3.05) is 31.1 Å². The molecule has 3 aromatic heterocycles. The molecule has 6 aromatic rings. The molecule has 3 aliphatic heterocycles. The van der Waals surface area contributed by atoms with Gasteiger partial charge in [0.15, 0.2) is 0 Å². The minimum absolute atomic E-state index is 0.0321. The first-order chi connectivity index (χ1) is 31.0. The number of esters is 1. The third-order valence-electron chi connectivity index (χ3n) is 13.2. The van der Waals surface area contributed by atoms with Crippen molar-refractivity contribution in [3.8, 4) is 28.6 Å². The second kappa shape index (κ2) is 16.0. The summed E-state index contributed by atoms with van der Waals surface area (Å²) in [5.74, 6) is -1.56. The Labute approximate surface area is 373 Å². The van der Waals surface area contributed by atoms with E-state index >= 15 is 0 Å². The summed E-state index contributed by atoms with van der Waals surface area (Å²) in [5, 5.41) is 41.7. The molecule has 6 heterocycles. The third kappa shape index (κ3) is 6.97. The van der Waals surface area contributed by atoms with Crippen LogP contribution >= 0.6 is 0 Å². The molecule has 3 aromatic carbocycles. The quantitative estimate of drug-likeness (QED) is 0.0651. The number of nitrogens with zero attached hydrogens (tertiary/aromatic N) is 6. The Hall–Kier alpha value is -7.40. The topological polar surface area (TPSA) is 230 Å². The fourth-order valence-electron chi connectivity index (χ4n) is 9.66. The molecule has 17 nitrogen and oxygen atoms in total. The first-order valence-electron chi connectivity index (χ1n) is 21.7. The first-order valence-corrected chi connectivity index (χ1v) is 21.7. The van der Waals surface area contributed by atoms with Crippen molar-refractivity contribution in [2.24, 2.45) is 12.8 Å². The van der Waals surface area contributed by atoms with Gasteiger partial charge in [0, 0.05) is 78.9 Å². The van der Waals surface area contributed by atoms with Crippen LogP contribution in [-0.4, -0.2) is 89.3 Å². The molecule has 3 amide bonds. The van der Waals surface area contributed by atoms with Gasteiger partial charge in [-0.3, -0.25) is 15.1 Å². The van der Waals surface area contributed by atoms with Crippen LogP contribution in [-0.2, 0) is 53.0 Å². The SMILES string of the molecule is CCc1c2c(nc3ccc(O)cc13)-c1cc3c(c(=O)n1C2)COC(=O)C3(CC)OC(=O)N1CCN(Cc2cc3cc(N(C(=N)c4cc(C(C)C)c(O)cc4O)C(N)=O)ccc3n2C)CC1. The summed E-state index contributed by atoms with van der Waals surface area (Å²) in [4.78, 5) is 64.5. The highest BCUT2D eigenvalue weighted by atomic mass is 16.6. The van der Waals surface area contributed by atoms with Crippen LogP contribution < -0.4 is 16.2 Å². The van der Waals surface area contributed by atoms with E-state index in [0.717, 1.165) is 44.1 Å². The summed E-state index contributed by atoms with van der Waals surface area (Å²) in [6.45, 7) is 9.59. The van der Waals surface area contributed by atoms with E-state index in [-0.39, 0.29) is 65.3 Å². The van der Waals surface area contributed by atoms with Gasteiger partial charge in [-0.05, 0) is 84.5 Å². The number of nitrogens with one attached hydrogen (secondary N) is 1. The van der Waals surface area contributed by atoms with Gasteiger partial charge in [0.2, 0.25) is 5.60 Å². The predicted molar refractivity (Wildman–Crippen MR) is 242 cm³/mol. The van der Waals surface area contributed by atoms with Crippen LogP contribution in [0.1, 0.15) is 79.1 Å². The van der Waals surface area contributed by atoms with Crippen molar-refractivity contribution in [2.45, 2.75) is 71.8 Å². The standard InChI is InChI=1S/C48H50N8O9/c1-6-30-32-18-29(57)9-10-37(32)51-42-34(30)23-55-39(42)20-36-35(44(55)60)24-64-45(61)48(36,7-2)65-47(63)54-14-12-53(13-15-54)22-28-17-26-16-27(8-11-38(26)52(28)5)56(46(50)62)43(49)33-19-31(25(3)4)40(58)21-41(33)59/h8-11,16-21,25,49,57-59H,6-7,12-15,22-24H2,1-5H3,(H2,50,62). The molecule has 1 atom stereocenters. The molecule has 1 fully saturated rings. The van der Waals surface area contributed by atoms with E-state index < -0.39 is 23.7 Å². The normalized spacial score (nSPS) is 17.0. The number of cyclic esters (lactones) is 1. The van der Waals surface area contributed by atoms with Crippen LogP contribution in [0.5, 0.6) is 17.2 Å². The van der Waals surface area contributed by atoms with Crippen molar-refractivity contribution in [3.63, 3.8) is 0 Å². The van der Waals surface area contributed by atoms with Crippen molar-refractivity contribution < 1.29 is 39.2 Å². The van der Waals surface area contributed by atoms with Crippen LogP contribution in [0.15, 0.2) is 65.5 Å². The molecular weight excluding hydrogens is 833 g/mol. The van der Waals surface area contributed by atoms with Crippen LogP contribution in [0.3, 0.4) is 0 Å². The highest BCUT2D eigenvalue weighted by Gasteiger charge is 2.51. The minimum Gasteiger partial charge on any atom is -0.508 e. The molecule has 9 rings (SSSR count). The van der Waals surface area contributed by atoms with Crippen molar-refractivity contribution in [1.82, 2.24) is 23.9 Å². The maximum atomic E-state index is 14.2. The average molecular weight is 883 g/mol. The Bertz CT molecular complexity index is 3070. The lowest BCUT2D eigenvalue weighted by Gasteiger charge is -2.39. The Morgan fingerprint density at radius 1 is 0.969 bits per heavy atom.